The highest BCUT2D eigenvalue weighted by Gasteiger charge is 2.32. The third kappa shape index (κ3) is 5.58. The summed E-state index contributed by atoms with van der Waals surface area (Å²) in [6.07, 6.45) is 1.50. The summed E-state index contributed by atoms with van der Waals surface area (Å²) in [6.45, 7) is 1.96. The van der Waals surface area contributed by atoms with Gasteiger partial charge >= 0.3 is 0 Å². The van der Waals surface area contributed by atoms with E-state index in [0.29, 0.717) is 22.2 Å². The SMILES string of the molecule is COc1cc(/C=N/N=C2/NC(=O)C(CC(=O)Nc3ccc(C)cc3)S2)ccc1O. The second kappa shape index (κ2) is 9.24. The van der Waals surface area contributed by atoms with Crippen molar-refractivity contribution in [1.82, 2.24) is 5.32 Å². The van der Waals surface area contributed by atoms with Crippen molar-refractivity contribution in [1.29, 1.82) is 0 Å². The summed E-state index contributed by atoms with van der Waals surface area (Å²) in [6, 6.07) is 12.2. The number of carbonyl (C=O) groups is 2. The van der Waals surface area contributed by atoms with E-state index in [4.69, 9.17) is 4.74 Å². The van der Waals surface area contributed by atoms with Crippen molar-refractivity contribution >= 4 is 40.6 Å². The number of amidine groups is 1. The Morgan fingerprint density at radius 1 is 1.31 bits per heavy atom. The molecule has 29 heavy (non-hydrogen) atoms. The Balaban J connectivity index is 1.56. The van der Waals surface area contributed by atoms with Crippen LogP contribution in [-0.4, -0.2) is 40.7 Å². The molecule has 1 heterocycles. The second-order valence-corrected chi connectivity index (χ2v) is 7.49. The van der Waals surface area contributed by atoms with Gasteiger partial charge in [0.25, 0.3) is 0 Å². The largest absolute Gasteiger partial charge is 0.504 e. The minimum Gasteiger partial charge on any atom is -0.504 e. The number of aromatic hydroxyl groups is 1. The lowest BCUT2D eigenvalue weighted by molar-refractivity contribution is -0.122. The topological polar surface area (TPSA) is 112 Å². The maximum absolute atomic E-state index is 12.2. The van der Waals surface area contributed by atoms with Crippen LogP contribution in [0.4, 0.5) is 5.69 Å². The van der Waals surface area contributed by atoms with E-state index >= 15 is 0 Å². The number of phenolic OH excluding ortho intramolecular Hbond substituents is 1. The van der Waals surface area contributed by atoms with Gasteiger partial charge in [0.15, 0.2) is 16.7 Å². The number of benzene rings is 2. The number of nitrogens with zero attached hydrogens (tertiary/aromatic N) is 2. The fourth-order valence-corrected chi connectivity index (χ4v) is 3.45. The lowest BCUT2D eigenvalue weighted by Crippen LogP contribution is -2.28. The smallest absolute Gasteiger partial charge is 0.240 e. The van der Waals surface area contributed by atoms with Gasteiger partial charge in [-0.2, -0.15) is 5.10 Å². The molecular weight excluding hydrogens is 392 g/mol. The number of aryl methyl sites for hydroxylation is 1. The highest BCUT2D eigenvalue weighted by Crippen LogP contribution is 2.26. The first-order chi connectivity index (χ1) is 13.9. The predicted molar refractivity (Wildman–Crippen MR) is 114 cm³/mol. The van der Waals surface area contributed by atoms with Crippen molar-refractivity contribution in [2.75, 3.05) is 12.4 Å². The van der Waals surface area contributed by atoms with E-state index in [0.717, 1.165) is 17.3 Å². The van der Waals surface area contributed by atoms with Crippen LogP contribution in [0, 0.1) is 6.92 Å². The van der Waals surface area contributed by atoms with Crippen molar-refractivity contribution in [3.8, 4) is 11.5 Å². The number of rotatable bonds is 6. The summed E-state index contributed by atoms with van der Waals surface area (Å²) in [7, 11) is 1.45. The number of hydrogen-bond acceptors (Lipinski definition) is 7. The third-order valence-corrected chi connectivity index (χ3v) is 5.11. The summed E-state index contributed by atoms with van der Waals surface area (Å²) in [5.41, 5.74) is 2.46. The van der Waals surface area contributed by atoms with Crippen molar-refractivity contribution in [2.24, 2.45) is 10.2 Å². The number of nitrogens with one attached hydrogen (secondary N) is 2. The van der Waals surface area contributed by atoms with Gasteiger partial charge in [0.1, 0.15) is 5.25 Å². The number of phenols is 1. The van der Waals surface area contributed by atoms with Crippen LogP contribution >= 0.6 is 11.8 Å². The number of ether oxygens (including phenoxy) is 1. The number of methoxy groups -OCH3 is 1. The highest BCUT2D eigenvalue weighted by molar-refractivity contribution is 8.15. The molecule has 0 aromatic heterocycles. The van der Waals surface area contributed by atoms with Crippen LogP contribution in [0.25, 0.3) is 0 Å². The van der Waals surface area contributed by atoms with Crippen LogP contribution in [0.2, 0.25) is 0 Å². The number of carbonyl (C=O) groups excluding carboxylic acids is 2. The Hall–Kier alpha value is -3.33. The first-order valence-electron chi connectivity index (χ1n) is 8.76. The van der Waals surface area contributed by atoms with E-state index in [9.17, 15) is 14.7 Å². The summed E-state index contributed by atoms with van der Waals surface area (Å²) < 4.78 is 5.03. The summed E-state index contributed by atoms with van der Waals surface area (Å²) in [5, 5.41) is 22.7. The molecule has 2 amide bonds. The number of thioether (sulfide) groups is 1. The van der Waals surface area contributed by atoms with Crippen LogP contribution in [0.15, 0.2) is 52.7 Å². The first kappa shape index (κ1) is 20.4. The molecule has 1 aliphatic rings. The number of anilines is 1. The summed E-state index contributed by atoms with van der Waals surface area (Å²) >= 11 is 1.16. The van der Waals surface area contributed by atoms with E-state index in [-0.39, 0.29) is 24.0 Å². The molecule has 0 aliphatic carbocycles. The maximum Gasteiger partial charge on any atom is 0.240 e. The quantitative estimate of drug-likeness (QED) is 0.499. The van der Waals surface area contributed by atoms with Crippen LogP contribution < -0.4 is 15.4 Å². The van der Waals surface area contributed by atoms with Crippen LogP contribution in [-0.2, 0) is 9.59 Å². The van der Waals surface area contributed by atoms with E-state index in [1.807, 2.05) is 31.2 Å². The number of amides is 2. The summed E-state index contributed by atoms with van der Waals surface area (Å²) in [5.74, 6) is -0.178. The molecule has 0 bridgehead atoms. The van der Waals surface area contributed by atoms with E-state index < -0.39 is 5.25 Å². The fraction of sp³-hybridized carbons (Fsp3) is 0.200. The molecular formula is C20H20N4O4S. The zero-order valence-corrected chi connectivity index (χ0v) is 16.7. The lowest BCUT2D eigenvalue weighted by atomic mass is 10.2. The van der Waals surface area contributed by atoms with Gasteiger partial charge in [0, 0.05) is 12.1 Å². The van der Waals surface area contributed by atoms with Gasteiger partial charge in [-0.15, -0.1) is 5.10 Å². The van der Waals surface area contributed by atoms with Crippen LogP contribution in [0.1, 0.15) is 17.5 Å². The molecule has 0 saturated carbocycles. The Morgan fingerprint density at radius 2 is 2.07 bits per heavy atom. The zero-order chi connectivity index (χ0) is 20.8. The van der Waals surface area contributed by atoms with Gasteiger partial charge < -0.3 is 20.5 Å². The number of hydrogen-bond donors (Lipinski definition) is 3. The molecule has 2 aromatic carbocycles. The molecule has 3 rings (SSSR count). The normalized spacial score (nSPS) is 17.5. The zero-order valence-electron chi connectivity index (χ0n) is 15.9. The van der Waals surface area contributed by atoms with Crippen molar-refractivity contribution in [3.63, 3.8) is 0 Å². The minimum atomic E-state index is -0.567. The molecule has 1 saturated heterocycles. The molecule has 1 aliphatic heterocycles. The monoisotopic (exact) mass is 412 g/mol. The predicted octanol–water partition coefficient (Wildman–Crippen LogP) is 2.66. The van der Waals surface area contributed by atoms with Gasteiger partial charge in [0.2, 0.25) is 11.8 Å². The molecule has 8 nitrogen and oxygen atoms in total. The van der Waals surface area contributed by atoms with Crippen molar-refractivity contribution in [2.45, 2.75) is 18.6 Å². The molecule has 0 spiro atoms. The molecule has 0 radical (unpaired) electrons. The van der Waals surface area contributed by atoms with Gasteiger partial charge in [-0.25, -0.2) is 0 Å². The average molecular weight is 412 g/mol. The second-order valence-electron chi connectivity index (χ2n) is 6.30. The molecule has 2 aromatic rings. The first-order valence-corrected chi connectivity index (χ1v) is 9.64. The van der Waals surface area contributed by atoms with Crippen LogP contribution in [0.3, 0.4) is 0 Å². The molecule has 3 N–H and O–H groups in total. The Kier molecular flexibility index (Phi) is 6.50. The standard InChI is InChI=1S/C20H20N4O4S/c1-12-3-6-14(7-4-12)22-18(26)10-17-19(27)23-20(29-17)24-21-11-13-5-8-15(25)16(9-13)28-2/h3-9,11,17,25H,10H2,1-2H3,(H,22,26)(H,23,24,27)/b21-11+. The third-order valence-electron chi connectivity index (χ3n) is 4.04. The van der Waals surface area contributed by atoms with Gasteiger partial charge in [0.05, 0.1) is 13.3 Å². The van der Waals surface area contributed by atoms with Gasteiger partial charge in [-0.1, -0.05) is 29.5 Å². The minimum absolute atomic E-state index is 0.0290. The van der Waals surface area contributed by atoms with Crippen LogP contribution in [0.5, 0.6) is 11.5 Å². The fourth-order valence-electron chi connectivity index (χ4n) is 2.53. The average Bonchev–Trinajstić information content (AvgIpc) is 3.04. The molecule has 9 heteroatoms. The highest BCUT2D eigenvalue weighted by atomic mass is 32.2. The maximum atomic E-state index is 12.2. The Morgan fingerprint density at radius 3 is 2.79 bits per heavy atom. The molecule has 150 valence electrons. The van der Waals surface area contributed by atoms with Gasteiger partial charge in [-0.05, 0) is 42.8 Å². The van der Waals surface area contributed by atoms with E-state index in [2.05, 4.69) is 20.8 Å². The van der Waals surface area contributed by atoms with Crippen molar-refractivity contribution < 1.29 is 19.4 Å². The van der Waals surface area contributed by atoms with E-state index in [1.54, 1.807) is 12.1 Å². The van der Waals surface area contributed by atoms with Gasteiger partial charge in [-0.3, -0.25) is 9.59 Å². The molecule has 1 fully saturated rings. The van der Waals surface area contributed by atoms with Crippen molar-refractivity contribution in [3.05, 3.63) is 53.6 Å². The lowest BCUT2D eigenvalue weighted by Gasteiger charge is -2.07. The Bertz CT molecular complexity index is 973. The summed E-state index contributed by atoms with van der Waals surface area (Å²) in [4.78, 5) is 24.3. The Labute approximate surface area is 172 Å². The van der Waals surface area contributed by atoms with E-state index in [1.165, 1.54) is 19.4 Å². The molecule has 1 unspecified atom stereocenters. The molecule has 1 atom stereocenters.